The van der Waals surface area contributed by atoms with Gasteiger partial charge in [-0.25, -0.2) is 0 Å². The van der Waals surface area contributed by atoms with Crippen LogP contribution in [0.2, 0.25) is 0 Å². The first-order valence-electron chi connectivity index (χ1n) is 6.10. The van der Waals surface area contributed by atoms with Crippen LogP contribution in [0.5, 0.6) is 0 Å². The van der Waals surface area contributed by atoms with E-state index in [-0.39, 0.29) is 5.91 Å². The smallest absolute Gasteiger partial charge is 0.220 e. The van der Waals surface area contributed by atoms with Gasteiger partial charge in [0.2, 0.25) is 5.91 Å². The molecule has 2 rings (SSSR count). The Morgan fingerprint density at radius 2 is 2.27 bits per heavy atom. The van der Waals surface area contributed by atoms with E-state index in [1.807, 2.05) is 0 Å². The minimum Gasteiger partial charge on any atom is -0.392 e. The fraction of sp³-hybridized carbons (Fsp3) is 0.917. The molecule has 2 N–H and O–H groups in total. The quantitative estimate of drug-likeness (QED) is 0.736. The van der Waals surface area contributed by atoms with Gasteiger partial charge >= 0.3 is 0 Å². The second-order valence-corrected chi connectivity index (χ2v) is 5.29. The van der Waals surface area contributed by atoms with Crippen molar-refractivity contribution in [2.75, 3.05) is 6.54 Å². The fourth-order valence-corrected chi connectivity index (χ4v) is 3.20. The fourth-order valence-electron chi connectivity index (χ4n) is 3.20. The highest BCUT2D eigenvalue weighted by molar-refractivity contribution is 5.76. The number of carbonyl (C=O) groups is 1. The average Bonchev–Trinajstić information content (AvgIpc) is 2.76. The second-order valence-electron chi connectivity index (χ2n) is 5.29. The van der Waals surface area contributed by atoms with Gasteiger partial charge in [0.1, 0.15) is 0 Å². The summed E-state index contributed by atoms with van der Waals surface area (Å²) in [5.74, 6) is 2.46. The van der Waals surface area contributed by atoms with Crippen molar-refractivity contribution in [3.05, 3.63) is 0 Å². The molecule has 3 nitrogen and oxygen atoms in total. The molecular formula is C12H21NO2. The van der Waals surface area contributed by atoms with E-state index in [0.717, 1.165) is 11.8 Å². The Morgan fingerprint density at radius 1 is 1.47 bits per heavy atom. The first-order chi connectivity index (χ1) is 7.15. The Labute approximate surface area is 91.2 Å². The predicted octanol–water partition coefficient (Wildman–Crippen LogP) is 1.31. The largest absolute Gasteiger partial charge is 0.392 e. The molecule has 2 saturated carbocycles. The zero-order valence-corrected chi connectivity index (χ0v) is 9.41. The van der Waals surface area contributed by atoms with Crippen LogP contribution in [0.4, 0.5) is 0 Å². The maximum atomic E-state index is 11.6. The molecule has 2 aliphatic rings. The summed E-state index contributed by atoms with van der Waals surface area (Å²) in [5, 5.41) is 11.8. The molecule has 4 atom stereocenters. The van der Waals surface area contributed by atoms with Gasteiger partial charge in [0.05, 0.1) is 6.10 Å². The molecule has 86 valence electrons. The summed E-state index contributed by atoms with van der Waals surface area (Å²) in [4.78, 5) is 11.6. The first-order valence-corrected chi connectivity index (χ1v) is 6.10. The van der Waals surface area contributed by atoms with Crippen molar-refractivity contribution in [2.45, 2.75) is 45.1 Å². The lowest BCUT2D eigenvalue weighted by molar-refractivity contribution is -0.122. The van der Waals surface area contributed by atoms with Crippen molar-refractivity contribution in [3.63, 3.8) is 0 Å². The van der Waals surface area contributed by atoms with Gasteiger partial charge in [0.15, 0.2) is 0 Å². The lowest BCUT2D eigenvalue weighted by atomic mass is 9.86. The van der Waals surface area contributed by atoms with Crippen LogP contribution < -0.4 is 5.32 Å². The molecule has 0 aromatic rings. The van der Waals surface area contributed by atoms with Crippen LogP contribution in [-0.4, -0.2) is 23.7 Å². The van der Waals surface area contributed by atoms with Crippen LogP contribution in [0.25, 0.3) is 0 Å². The van der Waals surface area contributed by atoms with E-state index in [4.69, 9.17) is 5.11 Å². The summed E-state index contributed by atoms with van der Waals surface area (Å²) in [6, 6.07) is 0. The van der Waals surface area contributed by atoms with Crippen molar-refractivity contribution in [3.8, 4) is 0 Å². The standard InChI is InChI=1S/C12H21NO2/c1-8(14)7-13-12(15)6-11-5-9-2-3-10(11)4-9/h8-11,14H,2-7H2,1H3,(H,13,15)/t8-,9?,10?,11?/m1/s1. The number of rotatable bonds is 4. The molecule has 0 saturated heterocycles. The predicted molar refractivity (Wildman–Crippen MR) is 58.2 cm³/mol. The second kappa shape index (κ2) is 4.52. The van der Waals surface area contributed by atoms with Crippen LogP contribution in [0.1, 0.15) is 39.0 Å². The molecule has 0 aromatic heterocycles. The average molecular weight is 211 g/mol. The lowest BCUT2D eigenvalue weighted by Crippen LogP contribution is -2.32. The lowest BCUT2D eigenvalue weighted by Gasteiger charge is -2.21. The van der Waals surface area contributed by atoms with E-state index >= 15 is 0 Å². The van der Waals surface area contributed by atoms with Crippen LogP contribution >= 0.6 is 0 Å². The van der Waals surface area contributed by atoms with Crippen molar-refractivity contribution < 1.29 is 9.90 Å². The van der Waals surface area contributed by atoms with E-state index in [0.29, 0.717) is 18.9 Å². The van der Waals surface area contributed by atoms with Crippen molar-refractivity contribution in [1.82, 2.24) is 5.32 Å². The molecule has 0 aliphatic heterocycles. The third-order valence-electron chi connectivity index (χ3n) is 3.93. The molecule has 15 heavy (non-hydrogen) atoms. The summed E-state index contributed by atoms with van der Waals surface area (Å²) in [7, 11) is 0. The molecule has 3 heteroatoms. The summed E-state index contributed by atoms with van der Waals surface area (Å²) < 4.78 is 0. The van der Waals surface area contributed by atoms with Crippen LogP contribution in [0.15, 0.2) is 0 Å². The molecule has 0 radical (unpaired) electrons. The minimum atomic E-state index is -0.436. The van der Waals surface area contributed by atoms with E-state index in [1.54, 1.807) is 6.92 Å². The summed E-state index contributed by atoms with van der Waals surface area (Å²) in [6.07, 6.45) is 5.57. The first kappa shape index (κ1) is 10.9. The number of nitrogens with one attached hydrogen (secondary N) is 1. The van der Waals surface area contributed by atoms with Gasteiger partial charge in [0.25, 0.3) is 0 Å². The van der Waals surface area contributed by atoms with Crippen LogP contribution in [-0.2, 0) is 4.79 Å². The maximum absolute atomic E-state index is 11.6. The van der Waals surface area contributed by atoms with E-state index < -0.39 is 6.10 Å². The molecule has 0 aromatic carbocycles. The number of carbonyl (C=O) groups excluding carboxylic acids is 1. The molecule has 0 spiro atoms. The topological polar surface area (TPSA) is 49.3 Å². The molecule has 3 unspecified atom stereocenters. The Hall–Kier alpha value is -0.570. The normalized spacial score (nSPS) is 35.5. The Morgan fingerprint density at radius 3 is 2.80 bits per heavy atom. The minimum absolute atomic E-state index is 0.119. The number of fused-ring (bicyclic) bond motifs is 2. The number of hydrogen-bond acceptors (Lipinski definition) is 2. The van der Waals surface area contributed by atoms with Gasteiger partial charge in [-0.1, -0.05) is 6.42 Å². The van der Waals surface area contributed by atoms with E-state index in [9.17, 15) is 4.79 Å². The van der Waals surface area contributed by atoms with Crippen molar-refractivity contribution in [2.24, 2.45) is 17.8 Å². The van der Waals surface area contributed by atoms with Gasteiger partial charge in [-0.3, -0.25) is 4.79 Å². The highest BCUT2D eigenvalue weighted by Crippen LogP contribution is 2.49. The van der Waals surface area contributed by atoms with Gasteiger partial charge in [0, 0.05) is 13.0 Å². The molecular weight excluding hydrogens is 190 g/mol. The SMILES string of the molecule is C[C@@H](O)CNC(=O)CC1CC2CCC1C2. The molecule has 2 bridgehead atoms. The van der Waals surface area contributed by atoms with Crippen molar-refractivity contribution >= 4 is 5.91 Å². The summed E-state index contributed by atoms with van der Waals surface area (Å²) in [5.41, 5.74) is 0. The Kier molecular flexibility index (Phi) is 3.29. The van der Waals surface area contributed by atoms with E-state index in [1.165, 1.54) is 25.7 Å². The van der Waals surface area contributed by atoms with Crippen LogP contribution in [0, 0.1) is 17.8 Å². The molecule has 1 amide bonds. The van der Waals surface area contributed by atoms with Gasteiger partial charge < -0.3 is 10.4 Å². The van der Waals surface area contributed by atoms with Gasteiger partial charge in [-0.2, -0.15) is 0 Å². The number of aliphatic hydroxyl groups is 1. The number of aliphatic hydroxyl groups excluding tert-OH is 1. The molecule has 2 aliphatic carbocycles. The van der Waals surface area contributed by atoms with Gasteiger partial charge in [-0.05, 0) is 43.9 Å². The van der Waals surface area contributed by atoms with Crippen LogP contribution in [0.3, 0.4) is 0 Å². The zero-order valence-electron chi connectivity index (χ0n) is 9.41. The highest BCUT2D eigenvalue weighted by atomic mass is 16.3. The third-order valence-corrected chi connectivity index (χ3v) is 3.93. The Balaban J connectivity index is 1.71. The number of amides is 1. The number of hydrogen-bond donors (Lipinski definition) is 2. The van der Waals surface area contributed by atoms with Gasteiger partial charge in [-0.15, -0.1) is 0 Å². The highest BCUT2D eigenvalue weighted by Gasteiger charge is 2.39. The Bertz CT molecular complexity index is 240. The van der Waals surface area contributed by atoms with E-state index in [2.05, 4.69) is 5.32 Å². The third kappa shape index (κ3) is 2.71. The summed E-state index contributed by atoms with van der Waals surface area (Å²) in [6.45, 7) is 2.08. The summed E-state index contributed by atoms with van der Waals surface area (Å²) >= 11 is 0. The zero-order chi connectivity index (χ0) is 10.8. The monoisotopic (exact) mass is 211 g/mol. The molecule has 2 fully saturated rings. The maximum Gasteiger partial charge on any atom is 0.220 e. The van der Waals surface area contributed by atoms with Crippen molar-refractivity contribution in [1.29, 1.82) is 0 Å². The molecule has 0 heterocycles.